The summed E-state index contributed by atoms with van der Waals surface area (Å²) in [6.45, 7) is 3.87. The Morgan fingerprint density at radius 1 is 1.12 bits per heavy atom. The smallest absolute Gasteiger partial charge is 0.119 e. The highest BCUT2D eigenvalue weighted by atomic mass is 32.2. The van der Waals surface area contributed by atoms with E-state index in [1.54, 1.807) is 12.0 Å². The van der Waals surface area contributed by atoms with Gasteiger partial charge in [-0.3, -0.25) is 0 Å². The number of methoxy groups -OCH3 is 1. The molecule has 0 saturated carbocycles. The summed E-state index contributed by atoms with van der Waals surface area (Å²) in [5, 5.41) is 1.29. The van der Waals surface area contributed by atoms with Gasteiger partial charge >= 0.3 is 0 Å². The summed E-state index contributed by atoms with van der Waals surface area (Å²) in [6.07, 6.45) is 9.46. The van der Waals surface area contributed by atoms with Crippen LogP contribution in [0.4, 0.5) is 5.69 Å². The number of thioether (sulfide) groups is 1. The van der Waals surface area contributed by atoms with E-state index in [1.807, 2.05) is 17.8 Å². The van der Waals surface area contributed by atoms with Crippen molar-refractivity contribution in [3.05, 3.63) is 64.2 Å². The van der Waals surface area contributed by atoms with Gasteiger partial charge in [0.15, 0.2) is 0 Å². The second kappa shape index (κ2) is 9.11. The number of aromatic nitrogens is 1. The predicted molar refractivity (Wildman–Crippen MR) is 136 cm³/mol. The molecule has 172 valence electrons. The van der Waals surface area contributed by atoms with Crippen molar-refractivity contribution in [3.8, 4) is 5.75 Å². The first-order valence-electron chi connectivity index (χ1n) is 12.3. The summed E-state index contributed by atoms with van der Waals surface area (Å²) in [6, 6.07) is 13.5. The number of benzene rings is 2. The highest BCUT2D eigenvalue weighted by molar-refractivity contribution is 8.03. The number of aryl methyl sites for hydroxylation is 1. The lowest BCUT2D eigenvalue weighted by molar-refractivity contribution is 0.0670. The molecule has 2 aromatic carbocycles. The van der Waals surface area contributed by atoms with Gasteiger partial charge < -0.3 is 19.4 Å². The number of hydrogen-bond donors (Lipinski definition) is 1. The largest absolute Gasteiger partial charge is 0.497 e. The Morgan fingerprint density at radius 3 is 2.91 bits per heavy atom. The van der Waals surface area contributed by atoms with Gasteiger partial charge in [-0.05, 0) is 84.9 Å². The van der Waals surface area contributed by atoms with Crippen molar-refractivity contribution >= 4 is 28.4 Å². The lowest BCUT2D eigenvalue weighted by Crippen LogP contribution is -2.30. The summed E-state index contributed by atoms with van der Waals surface area (Å²) >= 11 is 2.01. The van der Waals surface area contributed by atoms with E-state index < -0.39 is 0 Å². The third-order valence-corrected chi connectivity index (χ3v) is 8.66. The Bertz CT molecular complexity index is 1190. The first kappa shape index (κ1) is 21.2. The second-order valence-electron chi connectivity index (χ2n) is 9.53. The van der Waals surface area contributed by atoms with E-state index in [9.17, 15) is 0 Å². The maximum absolute atomic E-state index is 5.55. The molecule has 0 unspecified atom stereocenters. The zero-order valence-electron chi connectivity index (χ0n) is 19.4. The Hall–Kier alpha value is -2.37. The maximum Gasteiger partial charge on any atom is 0.119 e. The minimum atomic E-state index is 0.788. The van der Waals surface area contributed by atoms with Crippen molar-refractivity contribution in [2.24, 2.45) is 5.92 Å². The molecule has 3 aliphatic heterocycles. The first-order valence-corrected chi connectivity index (χ1v) is 13.1. The topological polar surface area (TPSA) is 37.5 Å². The predicted octanol–water partition coefficient (Wildman–Crippen LogP) is 6.48. The van der Waals surface area contributed by atoms with Gasteiger partial charge in [-0.15, -0.1) is 0 Å². The van der Waals surface area contributed by atoms with Crippen LogP contribution in [-0.2, 0) is 24.1 Å². The van der Waals surface area contributed by atoms with E-state index in [4.69, 9.17) is 9.47 Å². The van der Waals surface area contributed by atoms with Crippen molar-refractivity contribution in [3.63, 3.8) is 0 Å². The molecule has 0 radical (unpaired) electrons. The second-order valence-corrected chi connectivity index (χ2v) is 10.7. The minimum absolute atomic E-state index is 0.788. The lowest BCUT2D eigenvalue weighted by atomic mass is 9.96. The van der Waals surface area contributed by atoms with Gasteiger partial charge in [0.25, 0.3) is 0 Å². The highest BCUT2D eigenvalue weighted by Crippen LogP contribution is 2.40. The zero-order chi connectivity index (χ0) is 22.2. The molecule has 5 heteroatoms. The Balaban J connectivity index is 1.21. The SMILES string of the molecule is COc1ccc2[nH]c3c(c2c1)CN(c1ccc2c(c1)CCC=C(CC1CCOCC1)S2)CC3. The molecule has 1 N–H and O–H groups in total. The van der Waals surface area contributed by atoms with Gasteiger partial charge in [0.05, 0.1) is 7.11 Å². The fraction of sp³-hybridized carbons (Fsp3) is 0.429. The Kier molecular flexibility index (Phi) is 5.85. The number of nitrogens with one attached hydrogen (secondary N) is 1. The number of ether oxygens (including phenoxy) is 2. The molecule has 0 aliphatic carbocycles. The molecule has 6 rings (SSSR count). The van der Waals surface area contributed by atoms with Crippen LogP contribution in [0.1, 0.15) is 42.5 Å². The molecule has 0 amide bonds. The summed E-state index contributed by atoms with van der Waals surface area (Å²) in [4.78, 5) is 9.19. The molecule has 0 spiro atoms. The third-order valence-electron chi connectivity index (χ3n) is 7.45. The number of anilines is 1. The van der Waals surface area contributed by atoms with E-state index >= 15 is 0 Å². The van der Waals surface area contributed by atoms with Crippen molar-refractivity contribution in [1.82, 2.24) is 4.98 Å². The number of fused-ring (bicyclic) bond motifs is 4. The molecule has 1 fully saturated rings. The lowest BCUT2D eigenvalue weighted by Gasteiger charge is -2.30. The van der Waals surface area contributed by atoms with E-state index in [1.165, 1.54) is 57.6 Å². The van der Waals surface area contributed by atoms with Crippen molar-refractivity contribution in [2.75, 3.05) is 31.8 Å². The van der Waals surface area contributed by atoms with E-state index in [2.05, 4.69) is 46.3 Å². The highest BCUT2D eigenvalue weighted by Gasteiger charge is 2.23. The number of rotatable bonds is 4. The summed E-state index contributed by atoms with van der Waals surface area (Å²) in [7, 11) is 1.74. The molecule has 3 aromatic rings. The van der Waals surface area contributed by atoms with Gasteiger partial charge in [0.2, 0.25) is 0 Å². The fourth-order valence-corrected chi connectivity index (χ4v) is 6.76. The van der Waals surface area contributed by atoms with Crippen LogP contribution < -0.4 is 9.64 Å². The van der Waals surface area contributed by atoms with Crippen LogP contribution in [0.25, 0.3) is 10.9 Å². The van der Waals surface area contributed by atoms with E-state index in [0.29, 0.717) is 0 Å². The monoisotopic (exact) mass is 460 g/mol. The minimum Gasteiger partial charge on any atom is -0.497 e. The number of allylic oxidation sites excluding steroid dienone is 2. The Labute approximate surface area is 200 Å². The average Bonchev–Trinajstić information content (AvgIpc) is 3.09. The summed E-state index contributed by atoms with van der Waals surface area (Å²) in [5.41, 5.74) is 6.86. The summed E-state index contributed by atoms with van der Waals surface area (Å²) < 4.78 is 11.0. The van der Waals surface area contributed by atoms with Gasteiger partial charge in [0, 0.05) is 65.5 Å². The number of hydrogen-bond acceptors (Lipinski definition) is 4. The van der Waals surface area contributed by atoms with Crippen LogP contribution in [0.15, 0.2) is 52.3 Å². The maximum atomic E-state index is 5.55. The van der Waals surface area contributed by atoms with Crippen molar-refractivity contribution in [2.45, 2.75) is 50.0 Å². The fourth-order valence-electron chi connectivity index (χ4n) is 5.53. The molecule has 0 bridgehead atoms. The molecule has 1 saturated heterocycles. The quantitative estimate of drug-likeness (QED) is 0.484. The molecule has 3 aliphatic rings. The molecule has 33 heavy (non-hydrogen) atoms. The first-order chi connectivity index (χ1) is 16.3. The average molecular weight is 461 g/mol. The molecular weight excluding hydrogens is 428 g/mol. The number of H-pyrrole nitrogens is 1. The zero-order valence-corrected chi connectivity index (χ0v) is 20.2. The molecular formula is C28H32N2O2S. The number of nitrogens with zero attached hydrogens (tertiary/aromatic N) is 1. The molecule has 0 atom stereocenters. The Morgan fingerprint density at radius 2 is 2.03 bits per heavy atom. The van der Waals surface area contributed by atoms with Gasteiger partial charge in [-0.2, -0.15) is 0 Å². The van der Waals surface area contributed by atoms with Crippen LogP contribution in [0.2, 0.25) is 0 Å². The molecule has 4 heterocycles. The third kappa shape index (κ3) is 4.29. The molecule has 1 aromatic heterocycles. The van der Waals surface area contributed by atoms with Crippen LogP contribution >= 0.6 is 11.8 Å². The van der Waals surface area contributed by atoms with E-state index in [0.717, 1.165) is 57.2 Å². The van der Waals surface area contributed by atoms with Gasteiger partial charge in [-0.1, -0.05) is 17.8 Å². The summed E-state index contributed by atoms with van der Waals surface area (Å²) in [5.74, 6) is 1.71. The van der Waals surface area contributed by atoms with Crippen molar-refractivity contribution < 1.29 is 9.47 Å². The van der Waals surface area contributed by atoms with Crippen LogP contribution in [0.3, 0.4) is 0 Å². The van der Waals surface area contributed by atoms with Crippen LogP contribution in [0, 0.1) is 5.92 Å². The van der Waals surface area contributed by atoms with Crippen molar-refractivity contribution in [1.29, 1.82) is 0 Å². The van der Waals surface area contributed by atoms with Crippen LogP contribution in [0.5, 0.6) is 5.75 Å². The number of aromatic amines is 1. The standard InChI is InChI=1S/C28H32N2O2S/c1-31-22-6-7-26-24(17-22)25-18-30(12-9-27(25)29-26)21-5-8-28-20(16-21)3-2-4-23(33-28)15-19-10-13-32-14-11-19/h4-8,16-17,19,29H,2-3,9-15,18H2,1H3. The molecule has 4 nitrogen and oxygen atoms in total. The van der Waals surface area contributed by atoms with E-state index in [-0.39, 0.29) is 0 Å². The van der Waals surface area contributed by atoms with Crippen LogP contribution in [-0.4, -0.2) is 31.9 Å². The van der Waals surface area contributed by atoms with Gasteiger partial charge in [-0.25, -0.2) is 0 Å². The normalized spacial score (nSPS) is 19.1. The van der Waals surface area contributed by atoms with Gasteiger partial charge in [0.1, 0.15) is 5.75 Å².